The molecule has 0 aliphatic heterocycles. The zero-order chi connectivity index (χ0) is 12.5. The lowest BCUT2D eigenvalue weighted by atomic mass is 10.2. The number of anilines is 1. The number of fused-ring (bicyclic) bond motifs is 1. The number of nitrogen functional groups attached to an aromatic ring is 1. The van der Waals surface area contributed by atoms with E-state index in [1.165, 1.54) is 0 Å². The van der Waals surface area contributed by atoms with Crippen LogP contribution in [0.5, 0.6) is 0 Å². The van der Waals surface area contributed by atoms with E-state index in [9.17, 15) is 4.79 Å². The molecule has 88 valence electrons. The summed E-state index contributed by atoms with van der Waals surface area (Å²) in [5.74, 6) is 0.304. The predicted octanol–water partition coefficient (Wildman–Crippen LogP) is 2.44. The first kappa shape index (κ1) is 10.5. The molecule has 0 amide bonds. The Labute approximate surface area is 103 Å². The monoisotopic (exact) mass is 238 g/mol. The Morgan fingerprint density at radius 1 is 1.00 bits per heavy atom. The van der Waals surface area contributed by atoms with E-state index in [1.54, 1.807) is 42.5 Å². The van der Waals surface area contributed by atoms with Gasteiger partial charge in [-0.15, -0.1) is 0 Å². The minimum absolute atomic E-state index is 0.304. The van der Waals surface area contributed by atoms with Crippen molar-refractivity contribution >= 4 is 16.6 Å². The Morgan fingerprint density at radius 2 is 1.72 bits per heavy atom. The van der Waals surface area contributed by atoms with Crippen molar-refractivity contribution in [3.05, 3.63) is 59.0 Å². The fraction of sp³-hybridized carbons (Fsp3) is 0. The van der Waals surface area contributed by atoms with Crippen molar-refractivity contribution in [2.24, 2.45) is 0 Å². The molecular weight excluding hydrogens is 228 g/mol. The van der Waals surface area contributed by atoms with Crippen molar-refractivity contribution in [3.8, 4) is 11.5 Å². The smallest absolute Gasteiger partial charge is 0.347 e. The van der Waals surface area contributed by atoms with Gasteiger partial charge in [0.15, 0.2) is 0 Å². The number of hydrogen-bond donors (Lipinski definition) is 1. The number of nitrogens with two attached hydrogens (primary N) is 1. The Hall–Kier alpha value is -2.62. The lowest BCUT2D eigenvalue weighted by Gasteiger charge is -2.01. The van der Waals surface area contributed by atoms with E-state index < -0.39 is 0 Å². The first-order valence-electron chi connectivity index (χ1n) is 5.50. The molecule has 3 aromatic rings. The highest BCUT2D eigenvalue weighted by atomic mass is 16.4. The van der Waals surface area contributed by atoms with Gasteiger partial charge in [0, 0.05) is 11.3 Å². The molecule has 4 nitrogen and oxygen atoms in total. The van der Waals surface area contributed by atoms with Crippen molar-refractivity contribution in [3.63, 3.8) is 0 Å². The first-order valence-corrected chi connectivity index (χ1v) is 5.50. The molecule has 0 bridgehead atoms. The fourth-order valence-corrected chi connectivity index (χ4v) is 1.77. The molecule has 0 unspecified atom stereocenters. The van der Waals surface area contributed by atoms with E-state index in [0.717, 1.165) is 5.56 Å². The Balaban J connectivity index is 2.24. The van der Waals surface area contributed by atoms with Crippen LogP contribution in [-0.4, -0.2) is 4.98 Å². The minimum atomic E-state index is -0.382. The molecule has 2 aromatic carbocycles. The average Bonchev–Trinajstić information content (AvgIpc) is 2.39. The lowest BCUT2D eigenvalue weighted by molar-refractivity contribution is 0.518. The molecule has 0 spiro atoms. The molecule has 0 aliphatic carbocycles. The Kier molecular flexibility index (Phi) is 2.34. The highest BCUT2D eigenvalue weighted by Crippen LogP contribution is 2.19. The van der Waals surface area contributed by atoms with Gasteiger partial charge >= 0.3 is 5.63 Å². The van der Waals surface area contributed by atoms with Crippen molar-refractivity contribution < 1.29 is 4.42 Å². The summed E-state index contributed by atoms with van der Waals surface area (Å²) in [5.41, 5.74) is 7.24. The molecule has 1 aromatic heterocycles. The molecule has 1 heterocycles. The maximum atomic E-state index is 11.8. The van der Waals surface area contributed by atoms with E-state index in [2.05, 4.69) is 4.98 Å². The molecule has 2 N–H and O–H groups in total. The fourth-order valence-electron chi connectivity index (χ4n) is 1.77. The standard InChI is InChI=1S/C14H10N2O2/c15-10-7-5-9(6-8-10)13-16-12-4-2-1-3-11(12)14(17)18-13/h1-8H,15H2. The van der Waals surface area contributed by atoms with Crippen LogP contribution in [0.1, 0.15) is 0 Å². The van der Waals surface area contributed by atoms with Gasteiger partial charge in [-0.2, -0.15) is 0 Å². The van der Waals surface area contributed by atoms with Crippen LogP contribution >= 0.6 is 0 Å². The summed E-state index contributed by atoms with van der Waals surface area (Å²) in [7, 11) is 0. The molecule has 4 heteroatoms. The van der Waals surface area contributed by atoms with Crippen molar-refractivity contribution in [2.75, 3.05) is 5.73 Å². The summed E-state index contributed by atoms with van der Waals surface area (Å²) in [6.45, 7) is 0. The van der Waals surface area contributed by atoms with Crippen LogP contribution in [0.3, 0.4) is 0 Å². The van der Waals surface area contributed by atoms with E-state index in [-0.39, 0.29) is 5.63 Å². The normalized spacial score (nSPS) is 10.7. The third-order valence-electron chi connectivity index (χ3n) is 2.69. The molecule has 18 heavy (non-hydrogen) atoms. The van der Waals surface area contributed by atoms with Gasteiger partial charge in [0.2, 0.25) is 5.89 Å². The molecule has 0 atom stereocenters. The lowest BCUT2D eigenvalue weighted by Crippen LogP contribution is -2.02. The Bertz CT molecular complexity index is 761. The zero-order valence-electron chi connectivity index (χ0n) is 9.46. The van der Waals surface area contributed by atoms with E-state index in [4.69, 9.17) is 10.2 Å². The third-order valence-corrected chi connectivity index (χ3v) is 2.69. The molecule has 0 fully saturated rings. The molecule has 0 saturated heterocycles. The van der Waals surface area contributed by atoms with Crippen LogP contribution < -0.4 is 11.4 Å². The average molecular weight is 238 g/mol. The quantitative estimate of drug-likeness (QED) is 0.661. The summed E-state index contributed by atoms with van der Waals surface area (Å²) in [5, 5.41) is 0.483. The summed E-state index contributed by atoms with van der Waals surface area (Å²) in [6, 6.07) is 14.1. The predicted molar refractivity (Wildman–Crippen MR) is 70.1 cm³/mol. The first-order chi connectivity index (χ1) is 8.74. The number of hydrogen-bond acceptors (Lipinski definition) is 4. The van der Waals surface area contributed by atoms with Crippen LogP contribution in [0.25, 0.3) is 22.4 Å². The van der Waals surface area contributed by atoms with Gasteiger partial charge in [0.05, 0.1) is 10.9 Å². The van der Waals surface area contributed by atoms with Gasteiger partial charge in [-0.1, -0.05) is 12.1 Å². The van der Waals surface area contributed by atoms with Gasteiger partial charge in [0.25, 0.3) is 0 Å². The van der Waals surface area contributed by atoms with E-state index in [0.29, 0.717) is 22.5 Å². The van der Waals surface area contributed by atoms with Crippen molar-refractivity contribution in [2.45, 2.75) is 0 Å². The van der Waals surface area contributed by atoms with Crippen molar-refractivity contribution in [1.29, 1.82) is 0 Å². The van der Waals surface area contributed by atoms with Gasteiger partial charge in [-0.05, 0) is 36.4 Å². The second-order valence-electron chi connectivity index (χ2n) is 3.95. The second-order valence-corrected chi connectivity index (χ2v) is 3.95. The SMILES string of the molecule is Nc1ccc(-c2nc3ccccc3c(=O)o2)cc1. The van der Waals surface area contributed by atoms with E-state index >= 15 is 0 Å². The van der Waals surface area contributed by atoms with Gasteiger partial charge < -0.3 is 10.2 Å². The summed E-state index contributed by atoms with van der Waals surface area (Å²) in [4.78, 5) is 16.1. The molecule has 0 saturated carbocycles. The maximum absolute atomic E-state index is 11.8. The second kappa shape index (κ2) is 4.00. The highest BCUT2D eigenvalue weighted by molar-refractivity contribution is 5.78. The van der Waals surface area contributed by atoms with Crippen molar-refractivity contribution in [1.82, 2.24) is 4.98 Å². The van der Waals surface area contributed by atoms with Crippen LogP contribution in [0.4, 0.5) is 5.69 Å². The number of aromatic nitrogens is 1. The largest absolute Gasteiger partial charge is 0.403 e. The molecule has 3 rings (SSSR count). The van der Waals surface area contributed by atoms with E-state index in [1.807, 2.05) is 6.07 Å². The van der Waals surface area contributed by atoms with Gasteiger partial charge in [-0.25, -0.2) is 9.78 Å². The number of rotatable bonds is 1. The zero-order valence-corrected chi connectivity index (χ0v) is 9.46. The van der Waals surface area contributed by atoms with Crippen LogP contribution in [0.2, 0.25) is 0 Å². The highest BCUT2D eigenvalue weighted by Gasteiger charge is 2.07. The number of nitrogens with zero attached hydrogens (tertiary/aromatic N) is 1. The summed E-state index contributed by atoms with van der Waals surface area (Å²) >= 11 is 0. The van der Waals surface area contributed by atoms with Gasteiger partial charge in [0.1, 0.15) is 0 Å². The molecule has 0 aliphatic rings. The maximum Gasteiger partial charge on any atom is 0.347 e. The van der Waals surface area contributed by atoms with Crippen LogP contribution in [0, 0.1) is 0 Å². The number of para-hydroxylation sites is 1. The van der Waals surface area contributed by atoms with Crippen LogP contribution in [-0.2, 0) is 0 Å². The third kappa shape index (κ3) is 1.73. The molecular formula is C14H10N2O2. The Morgan fingerprint density at radius 3 is 2.50 bits per heavy atom. The number of benzene rings is 2. The van der Waals surface area contributed by atoms with Gasteiger partial charge in [-0.3, -0.25) is 0 Å². The summed E-state index contributed by atoms with van der Waals surface area (Å²) < 4.78 is 5.21. The molecule has 0 radical (unpaired) electrons. The summed E-state index contributed by atoms with van der Waals surface area (Å²) in [6.07, 6.45) is 0. The minimum Gasteiger partial charge on any atom is -0.403 e. The topological polar surface area (TPSA) is 69.1 Å². The van der Waals surface area contributed by atoms with Crippen LogP contribution in [0.15, 0.2) is 57.7 Å².